The summed E-state index contributed by atoms with van der Waals surface area (Å²) in [4.78, 5) is 2.43. The van der Waals surface area contributed by atoms with Gasteiger partial charge >= 0.3 is 0 Å². The van der Waals surface area contributed by atoms with Crippen molar-refractivity contribution in [3.05, 3.63) is 37.7 Å². The Morgan fingerprint density at radius 1 is 1.30 bits per heavy atom. The van der Waals surface area contributed by atoms with Crippen LogP contribution in [-0.2, 0) is 0 Å². The van der Waals surface area contributed by atoms with Crippen LogP contribution in [0.1, 0.15) is 18.0 Å². The minimum atomic E-state index is 0.206. The maximum atomic E-state index is 10.2. The van der Waals surface area contributed by atoms with Crippen LogP contribution < -0.4 is 5.32 Å². The Hall–Kier alpha value is 0.120. The zero-order valence-electron chi connectivity index (χ0n) is 11.0. The van der Waals surface area contributed by atoms with Crippen LogP contribution >= 0.6 is 47.8 Å². The van der Waals surface area contributed by atoms with E-state index in [-0.39, 0.29) is 11.8 Å². The van der Waals surface area contributed by atoms with Crippen LogP contribution in [-0.4, -0.2) is 36.2 Å². The third-order valence-corrected chi connectivity index (χ3v) is 5.56. The van der Waals surface area contributed by atoms with Gasteiger partial charge in [0, 0.05) is 42.3 Å². The largest absolute Gasteiger partial charge is 0.506 e. The van der Waals surface area contributed by atoms with Gasteiger partial charge in [0.15, 0.2) is 0 Å². The van der Waals surface area contributed by atoms with E-state index >= 15 is 0 Å². The molecule has 0 bridgehead atoms. The summed E-state index contributed by atoms with van der Waals surface area (Å²) in [7, 11) is 0. The van der Waals surface area contributed by atoms with Gasteiger partial charge in [-0.2, -0.15) is 0 Å². The predicted octanol–water partition coefficient (Wildman–Crippen LogP) is 4.20. The van der Waals surface area contributed by atoms with Crippen LogP contribution in [0.2, 0.25) is 0 Å². The van der Waals surface area contributed by atoms with E-state index in [0.29, 0.717) is 4.47 Å². The Morgan fingerprint density at radius 3 is 2.55 bits per heavy atom. The summed E-state index contributed by atoms with van der Waals surface area (Å²) in [5.74, 6) is 0.243. The van der Waals surface area contributed by atoms with Gasteiger partial charge in [-0.05, 0) is 44.3 Å². The number of nitrogens with one attached hydrogen (secondary N) is 1. The molecule has 0 radical (unpaired) electrons. The molecule has 0 unspecified atom stereocenters. The fourth-order valence-corrected chi connectivity index (χ4v) is 5.15. The Labute approximate surface area is 144 Å². The second kappa shape index (κ2) is 7.40. The van der Waals surface area contributed by atoms with Crippen molar-refractivity contribution in [3.8, 4) is 5.75 Å². The molecule has 0 spiro atoms. The second-order valence-electron chi connectivity index (χ2n) is 4.74. The molecule has 3 nitrogen and oxygen atoms in total. The monoisotopic (exact) mass is 466 g/mol. The molecule has 1 aromatic rings. The zero-order valence-corrected chi connectivity index (χ0v) is 15.8. The number of aromatic hydroxyl groups is 1. The fourth-order valence-electron chi connectivity index (χ4n) is 2.50. The molecule has 2 rings (SSSR count). The highest BCUT2D eigenvalue weighted by atomic mass is 79.9. The molecule has 1 heterocycles. The lowest BCUT2D eigenvalue weighted by molar-refractivity contribution is 0.173. The first-order chi connectivity index (χ1) is 9.56. The molecule has 6 heteroatoms. The van der Waals surface area contributed by atoms with Crippen molar-refractivity contribution in [2.24, 2.45) is 0 Å². The molecule has 1 aliphatic rings. The molecule has 110 valence electrons. The summed E-state index contributed by atoms with van der Waals surface area (Å²) < 4.78 is 2.40. The predicted molar refractivity (Wildman–Crippen MR) is 93.2 cm³/mol. The van der Waals surface area contributed by atoms with Gasteiger partial charge in [-0.3, -0.25) is 4.90 Å². The average Bonchev–Trinajstić information content (AvgIpc) is 2.45. The SMILES string of the molecule is C=CC[C@@H](c1c(Br)cc(Br)c(O)c1Br)N1CCNCC1. The minimum Gasteiger partial charge on any atom is -0.506 e. The number of benzene rings is 1. The first-order valence-corrected chi connectivity index (χ1v) is 8.86. The number of phenolic OH excluding ortho intramolecular Hbond substituents is 1. The summed E-state index contributed by atoms with van der Waals surface area (Å²) >= 11 is 10.5. The van der Waals surface area contributed by atoms with Crippen molar-refractivity contribution in [1.82, 2.24) is 10.2 Å². The Kier molecular flexibility index (Phi) is 6.10. The van der Waals surface area contributed by atoms with Crippen molar-refractivity contribution < 1.29 is 5.11 Å². The number of phenols is 1. The van der Waals surface area contributed by atoms with Crippen LogP contribution in [0.15, 0.2) is 32.1 Å². The van der Waals surface area contributed by atoms with Gasteiger partial charge in [-0.15, -0.1) is 6.58 Å². The summed E-state index contributed by atoms with van der Waals surface area (Å²) in [6, 6.07) is 2.10. The quantitative estimate of drug-likeness (QED) is 0.650. The van der Waals surface area contributed by atoms with E-state index in [1.54, 1.807) is 0 Å². The Bertz CT molecular complexity index is 502. The van der Waals surface area contributed by atoms with Crippen LogP contribution in [0.25, 0.3) is 0 Å². The van der Waals surface area contributed by atoms with Crippen molar-refractivity contribution in [1.29, 1.82) is 0 Å². The molecule has 2 N–H and O–H groups in total. The molecule has 1 atom stereocenters. The number of halogens is 3. The molecule has 20 heavy (non-hydrogen) atoms. The van der Waals surface area contributed by atoms with Gasteiger partial charge in [-0.25, -0.2) is 0 Å². The lowest BCUT2D eigenvalue weighted by Crippen LogP contribution is -2.45. The Balaban J connectivity index is 2.43. The van der Waals surface area contributed by atoms with Crippen molar-refractivity contribution >= 4 is 47.8 Å². The van der Waals surface area contributed by atoms with Crippen LogP contribution in [0.4, 0.5) is 0 Å². The van der Waals surface area contributed by atoms with E-state index in [2.05, 4.69) is 64.6 Å². The molecule has 1 aromatic carbocycles. The molecule has 1 saturated heterocycles. The van der Waals surface area contributed by atoms with Gasteiger partial charge in [0.25, 0.3) is 0 Å². The first kappa shape index (κ1) is 16.5. The molecular formula is C14H17Br3N2O. The molecule has 0 aromatic heterocycles. The van der Waals surface area contributed by atoms with Gasteiger partial charge < -0.3 is 10.4 Å². The van der Waals surface area contributed by atoms with E-state index in [9.17, 15) is 5.11 Å². The lowest BCUT2D eigenvalue weighted by Gasteiger charge is -2.36. The maximum Gasteiger partial charge on any atom is 0.144 e. The normalized spacial score (nSPS) is 17.9. The van der Waals surface area contributed by atoms with E-state index in [1.807, 2.05) is 12.1 Å². The fraction of sp³-hybridized carbons (Fsp3) is 0.429. The molecule has 0 aliphatic carbocycles. The van der Waals surface area contributed by atoms with Crippen molar-refractivity contribution in [2.45, 2.75) is 12.5 Å². The number of rotatable bonds is 4. The zero-order chi connectivity index (χ0) is 14.7. The van der Waals surface area contributed by atoms with E-state index < -0.39 is 0 Å². The van der Waals surface area contributed by atoms with Crippen LogP contribution in [0, 0.1) is 0 Å². The van der Waals surface area contributed by atoms with Crippen molar-refractivity contribution in [3.63, 3.8) is 0 Å². The summed E-state index contributed by atoms with van der Waals surface area (Å²) in [5.41, 5.74) is 1.08. The molecule has 1 fully saturated rings. The topological polar surface area (TPSA) is 35.5 Å². The number of piperazine rings is 1. The van der Waals surface area contributed by atoms with Gasteiger partial charge in [-0.1, -0.05) is 22.0 Å². The molecule has 0 saturated carbocycles. The van der Waals surface area contributed by atoms with Crippen molar-refractivity contribution in [2.75, 3.05) is 26.2 Å². The Morgan fingerprint density at radius 2 is 1.95 bits per heavy atom. The number of hydrogen-bond donors (Lipinski definition) is 2. The van der Waals surface area contributed by atoms with Gasteiger partial charge in [0.1, 0.15) is 5.75 Å². The second-order valence-corrected chi connectivity index (χ2v) is 7.24. The first-order valence-electron chi connectivity index (χ1n) is 6.48. The highest BCUT2D eigenvalue weighted by molar-refractivity contribution is 9.11. The summed E-state index contributed by atoms with van der Waals surface area (Å²) in [6.07, 6.45) is 2.78. The summed E-state index contributed by atoms with van der Waals surface area (Å²) in [5, 5.41) is 13.5. The number of nitrogens with zero attached hydrogens (tertiary/aromatic N) is 1. The van der Waals surface area contributed by atoms with Gasteiger partial charge in [0.05, 0.1) is 8.95 Å². The molecular weight excluding hydrogens is 452 g/mol. The minimum absolute atomic E-state index is 0.206. The summed E-state index contributed by atoms with van der Waals surface area (Å²) in [6.45, 7) is 7.85. The van der Waals surface area contributed by atoms with Crippen LogP contribution in [0.3, 0.4) is 0 Å². The standard InChI is InChI=1S/C14H17Br3N2O/c1-2-3-11(19-6-4-18-5-7-19)12-9(15)8-10(16)14(20)13(12)17/h2,8,11,18,20H,1,3-7H2/t11-/m0/s1. The average molecular weight is 469 g/mol. The van der Waals surface area contributed by atoms with E-state index in [0.717, 1.165) is 47.1 Å². The highest BCUT2D eigenvalue weighted by Gasteiger charge is 2.26. The maximum absolute atomic E-state index is 10.2. The van der Waals surface area contributed by atoms with E-state index in [1.165, 1.54) is 0 Å². The van der Waals surface area contributed by atoms with Gasteiger partial charge in [0.2, 0.25) is 0 Å². The third kappa shape index (κ3) is 3.47. The molecule has 1 aliphatic heterocycles. The molecule has 0 amide bonds. The smallest absolute Gasteiger partial charge is 0.144 e. The van der Waals surface area contributed by atoms with E-state index in [4.69, 9.17) is 0 Å². The lowest BCUT2D eigenvalue weighted by atomic mass is 10.0. The third-order valence-electron chi connectivity index (χ3n) is 3.50. The highest BCUT2D eigenvalue weighted by Crippen LogP contribution is 2.44. The van der Waals surface area contributed by atoms with Crippen LogP contribution in [0.5, 0.6) is 5.75 Å². The number of hydrogen-bond acceptors (Lipinski definition) is 3.